The van der Waals surface area contributed by atoms with E-state index in [0.717, 1.165) is 4.31 Å². The highest BCUT2D eigenvalue weighted by Gasteiger charge is 2.42. The maximum absolute atomic E-state index is 12.6. The SMILES string of the molecule is Cc1cc(NC(=O)c2ccc3c(c2)S(=O)(=O)N(C(C)C)C3=O)ccc1C(N)=O. The highest BCUT2D eigenvalue weighted by Crippen LogP contribution is 2.32. The summed E-state index contributed by atoms with van der Waals surface area (Å²) in [5.74, 6) is -1.71. The van der Waals surface area contributed by atoms with Crippen molar-refractivity contribution in [2.45, 2.75) is 31.7 Å². The monoisotopic (exact) mass is 401 g/mol. The average Bonchev–Trinajstić information content (AvgIpc) is 2.80. The van der Waals surface area contributed by atoms with E-state index in [0.29, 0.717) is 16.8 Å². The zero-order valence-corrected chi connectivity index (χ0v) is 16.3. The molecule has 0 saturated carbocycles. The standard InChI is InChI=1S/C19H19N3O5S/c1-10(2)22-19(25)15-6-4-12(9-16(15)28(22,26)27)18(24)21-13-5-7-14(17(20)23)11(3)8-13/h4-10H,1-3H3,(H2,20,23)(H,21,24). The minimum atomic E-state index is -3.99. The van der Waals surface area contributed by atoms with Crippen molar-refractivity contribution in [1.29, 1.82) is 0 Å². The van der Waals surface area contributed by atoms with Gasteiger partial charge in [0.2, 0.25) is 5.91 Å². The number of aryl methyl sites for hydroxylation is 1. The molecule has 1 aliphatic heterocycles. The number of nitrogens with one attached hydrogen (secondary N) is 1. The van der Waals surface area contributed by atoms with E-state index in [4.69, 9.17) is 5.73 Å². The van der Waals surface area contributed by atoms with Crippen LogP contribution >= 0.6 is 0 Å². The summed E-state index contributed by atoms with van der Waals surface area (Å²) in [6.45, 7) is 4.89. The van der Waals surface area contributed by atoms with E-state index >= 15 is 0 Å². The molecule has 1 aliphatic rings. The van der Waals surface area contributed by atoms with E-state index in [9.17, 15) is 22.8 Å². The van der Waals surface area contributed by atoms with Crippen LogP contribution in [0.2, 0.25) is 0 Å². The quantitative estimate of drug-likeness (QED) is 0.809. The largest absolute Gasteiger partial charge is 0.366 e. The molecule has 3 N–H and O–H groups in total. The predicted octanol–water partition coefficient (Wildman–Crippen LogP) is 1.90. The van der Waals surface area contributed by atoms with Crippen molar-refractivity contribution in [1.82, 2.24) is 4.31 Å². The third-order valence-electron chi connectivity index (χ3n) is 4.43. The Balaban J connectivity index is 1.92. The summed E-state index contributed by atoms with van der Waals surface area (Å²) >= 11 is 0. The normalized spacial score (nSPS) is 14.9. The zero-order valence-electron chi connectivity index (χ0n) is 15.5. The van der Waals surface area contributed by atoms with Gasteiger partial charge in [0.1, 0.15) is 4.90 Å². The minimum absolute atomic E-state index is 0.0481. The summed E-state index contributed by atoms with van der Waals surface area (Å²) < 4.78 is 26.1. The van der Waals surface area contributed by atoms with E-state index in [2.05, 4.69) is 5.32 Å². The van der Waals surface area contributed by atoms with Gasteiger partial charge in [0.15, 0.2) is 0 Å². The molecule has 0 saturated heterocycles. The summed E-state index contributed by atoms with van der Waals surface area (Å²) in [5, 5.41) is 2.64. The topological polar surface area (TPSA) is 127 Å². The molecule has 9 heteroatoms. The highest BCUT2D eigenvalue weighted by atomic mass is 32.2. The van der Waals surface area contributed by atoms with Crippen molar-refractivity contribution in [3.63, 3.8) is 0 Å². The molecule has 0 bridgehead atoms. The van der Waals surface area contributed by atoms with Crippen molar-refractivity contribution >= 4 is 33.4 Å². The molecule has 0 spiro atoms. The van der Waals surface area contributed by atoms with E-state index < -0.39 is 33.8 Å². The lowest BCUT2D eigenvalue weighted by molar-refractivity contribution is 0.0845. The van der Waals surface area contributed by atoms with Gasteiger partial charge in [-0.05, 0) is 62.7 Å². The molecule has 28 heavy (non-hydrogen) atoms. The van der Waals surface area contributed by atoms with E-state index in [1.54, 1.807) is 26.8 Å². The Morgan fingerprint density at radius 1 is 1.11 bits per heavy atom. The van der Waals surface area contributed by atoms with Crippen LogP contribution in [0, 0.1) is 6.92 Å². The van der Waals surface area contributed by atoms with Gasteiger partial charge < -0.3 is 11.1 Å². The molecule has 0 radical (unpaired) electrons. The second kappa shape index (κ2) is 6.75. The van der Waals surface area contributed by atoms with E-state index in [-0.39, 0.29) is 16.0 Å². The fourth-order valence-electron chi connectivity index (χ4n) is 3.12. The molecular weight excluding hydrogens is 382 g/mol. The van der Waals surface area contributed by atoms with Crippen LogP contribution in [0.15, 0.2) is 41.3 Å². The van der Waals surface area contributed by atoms with E-state index in [1.165, 1.54) is 30.3 Å². The number of primary amides is 1. The number of rotatable bonds is 4. The number of anilines is 1. The summed E-state index contributed by atoms with van der Waals surface area (Å²) in [7, 11) is -3.99. The third kappa shape index (κ3) is 3.13. The Hall–Kier alpha value is -3.20. The zero-order chi connectivity index (χ0) is 20.8. The summed E-state index contributed by atoms with van der Waals surface area (Å²) in [5.41, 5.74) is 6.77. The van der Waals surface area contributed by atoms with Crippen molar-refractivity contribution in [3.05, 3.63) is 58.7 Å². The van der Waals surface area contributed by atoms with Crippen LogP contribution in [0.25, 0.3) is 0 Å². The van der Waals surface area contributed by atoms with Crippen molar-refractivity contribution in [3.8, 4) is 0 Å². The Kier molecular flexibility index (Phi) is 4.72. The fourth-order valence-corrected chi connectivity index (χ4v) is 4.91. The second-order valence-corrected chi connectivity index (χ2v) is 8.54. The molecule has 3 amide bonds. The van der Waals surface area contributed by atoms with Gasteiger partial charge in [-0.15, -0.1) is 0 Å². The highest BCUT2D eigenvalue weighted by molar-refractivity contribution is 7.90. The average molecular weight is 401 g/mol. The Labute approximate surface area is 162 Å². The molecule has 0 unspecified atom stereocenters. The van der Waals surface area contributed by atoms with Gasteiger partial charge in [0.25, 0.3) is 21.8 Å². The van der Waals surface area contributed by atoms with Crippen LogP contribution in [0.4, 0.5) is 5.69 Å². The number of benzene rings is 2. The summed E-state index contributed by atoms with van der Waals surface area (Å²) in [6.07, 6.45) is 0. The van der Waals surface area contributed by atoms with Crippen LogP contribution in [-0.2, 0) is 10.0 Å². The van der Waals surface area contributed by atoms with Gasteiger partial charge in [-0.1, -0.05) is 0 Å². The smallest absolute Gasteiger partial charge is 0.269 e. The van der Waals surface area contributed by atoms with Gasteiger partial charge in [-0.25, -0.2) is 12.7 Å². The molecule has 2 aromatic carbocycles. The number of nitrogens with two attached hydrogens (primary N) is 1. The van der Waals surface area contributed by atoms with Gasteiger partial charge in [-0.3, -0.25) is 14.4 Å². The van der Waals surface area contributed by atoms with Crippen LogP contribution in [-0.4, -0.2) is 36.5 Å². The minimum Gasteiger partial charge on any atom is -0.366 e. The maximum Gasteiger partial charge on any atom is 0.269 e. The molecule has 3 rings (SSSR count). The molecule has 8 nitrogen and oxygen atoms in total. The Morgan fingerprint density at radius 2 is 1.79 bits per heavy atom. The maximum atomic E-state index is 12.6. The number of sulfonamides is 1. The van der Waals surface area contributed by atoms with Crippen LogP contribution in [0.1, 0.15) is 50.5 Å². The van der Waals surface area contributed by atoms with Crippen LogP contribution in [0.3, 0.4) is 0 Å². The molecule has 0 fully saturated rings. The first-order valence-electron chi connectivity index (χ1n) is 8.48. The third-order valence-corrected chi connectivity index (χ3v) is 6.43. The number of fused-ring (bicyclic) bond motifs is 1. The summed E-state index contributed by atoms with van der Waals surface area (Å²) in [6, 6.07) is 8.02. The van der Waals surface area contributed by atoms with Crippen molar-refractivity contribution < 1.29 is 22.8 Å². The number of hydrogen-bond donors (Lipinski definition) is 2. The first-order chi connectivity index (χ1) is 13.0. The number of carbonyl (C=O) groups excluding carboxylic acids is 3. The van der Waals surface area contributed by atoms with Gasteiger partial charge in [-0.2, -0.15) is 0 Å². The summed E-state index contributed by atoms with van der Waals surface area (Å²) in [4.78, 5) is 36.0. The lowest BCUT2D eigenvalue weighted by atomic mass is 10.1. The van der Waals surface area contributed by atoms with Crippen molar-refractivity contribution in [2.24, 2.45) is 5.73 Å². The Bertz CT molecular complexity index is 1120. The van der Waals surface area contributed by atoms with Crippen LogP contribution in [0.5, 0.6) is 0 Å². The van der Waals surface area contributed by atoms with Crippen molar-refractivity contribution in [2.75, 3.05) is 5.32 Å². The van der Waals surface area contributed by atoms with Gasteiger partial charge in [0, 0.05) is 22.9 Å². The second-order valence-electron chi connectivity index (χ2n) is 6.76. The first kappa shape index (κ1) is 19.6. The lowest BCUT2D eigenvalue weighted by Gasteiger charge is -2.18. The molecule has 0 atom stereocenters. The van der Waals surface area contributed by atoms with Gasteiger partial charge >= 0.3 is 0 Å². The molecule has 0 aromatic heterocycles. The number of carbonyl (C=O) groups is 3. The predicted molar refractivity (Wildman–Crippen MR) is 103 cm³/mol. The number of amides is 3. The number of nitrogens with zero attached hydrogens (tertiary/aromatic N) is 1. The molecule has 2 aromatic rings. The molecule has 1 heterocycles. The van der Waals surface area contributed by atoms with Gasteiger partial charge in [0.05, 0.1) is 5.56 Å². The van der Waals surface area contributed by atoms with Crippen LogP contribution < -0.4 is 11.1 Å². The number of hydrogen-bond acceptors (Lipinski definition) is 5. The fraction of sp³-hybridized carbons (Fsp3) is 0.211. The first-order valence-corrected chi connectivity index (χ1v) is 9.92. The Morgan fingerprint density at radius 3 is 2.36 bits per heavy atom. The van der Waals surface area contributed by atoms with E-state index in [1.807, 2.05) is 0 Å². The molecular formula is C19H19N3O5S. The molecule has 0 aliphatic carbocycles. The lowest BCUT2D eigenvalue weighted by Crippen LogP contribution is -2.36. The molecule has 146 valence electrons.